The number of rotatable bonds is 8. The van der Waals surface area contributed by atoms with Crippen molar-refractivity contribution in [1.82, 2.24) is 0 Å². The molecule has 2 atom stereocenters. The van der Waals surface area contributed by atoms with Gasteiger partial charge in [-0.1, -0.05) is 12.1 Å². The van der Waals surface area contributed by atoms with E-state index >= 15 is 0 Å². The first-order valence-electron chi connectivity index (χ1n) is 10.7. The molecule has 164 valence electrons. The molecule has 1 fully saturated rings. The van der Waals surface area contributed by atoms with Gasteiger partial charge < -0.3 is 18.0 Å². The van der Waals surface area contributed by atoms with Crippen molar-refractivity contribution in [3.8, 4) is 17.2 Å². The van der Waals surface area contributed by atoms with Gasteiger partial charge in [-0.3, -0.25) is 0 Å². The van der Waals surface area contributed by atoms with Crippen molar-refractivity contribution in [2.75, 3.05) is 0 Å². The van der Waals surface area contributed by atoms with E-state index in [4.69, 9.17) is 18.0 Å². The van der Waals surface area contributed by atoms with Crippen LogP contribution in [0.5, 0.6) is 17.2 Å². The maximum absolute atomic E-state index is 6.28. The van der Waals surface area contributed by atoms with E-state index in [0.717, 1.165) is 22.8 Å². The van der Waals surface area contributed by atoms with Gasteiger partial charge in [-0.15, -0.1) is 0 Å². The molecule has 0 unspecified atom stereocenters. The summed E-state index contributed by atoms with van der Waals surface area (Å²) >= 11 is 0. The summed E-state index contributed by atoms with van der Waals surface area (Å²) in [6, 6.07) is 14.6. The molecule has 2 aromatic rings. The predicted molar refractivity (Wildman–Crippen MR) is 131 cm³/mol. The van der Waals surface area contributed by atoms with Crippen LogP contribution in [0.3, 0.4) is 0 Å². The molecule has 1 aliphatic rings. The Kier molecular flexibility index (Phi) is 6.31. The molecule has 1 saturated heterocycles. The third kappa shape index (κ3) is 7.01. The summed E-state index contributed by atoms with van der Waals surface area (Å²) in [5.74, 6) is 2.70. The lowest BCUT2D eigenvalue weighted by Gasteiger charge is -2.23. The van der Waals surface area contributed by atoms with E-state index in [1.165, 1.54) is 5.56 Å². The van der Waals surface area contributed by atoms with Crippen molar-refractivity contribution in [3.63, 3.8) is 0 Å². The summed E-state index contributed by atoms with van der Waals surface area (Å²) in [4.78, 5) is 0. The molecule has 0 aromatic heterocycles. The summed E-state index contributed by atoms with van der Waals surface area (Å²) in [6.07, 6.45) is 0.0933. The summed E-state index contributed by atoms with van der Waals surface area (Å²) in [6.45, 7) is 19.7. The zero-order chi connectivity index (χ0) is 22.3. The van der Waals surface area contributed by atoms with Crippen LogP contribution in [0.25, 0.3) is 0 Å². The Morgan fingerprint density at radius 1 is 0.533 bits per heavy atom. The van der Waals surface area contributed by atoms with Crippen LogP contribution in [-0.4, -0.2) is 25.0 Å². The average Bonchev–Trinajstić information content (AvgIpc) is 3.31. The second-order valence-electron chi connectivity index (χ2n) is 10.9. The molecule has 0 radical (unpaired) electrons. The second-order valence-corrected chi connectivity index (χ2v) is 24.2. The second kappa shape index (κ2) is 8.18. The summed E-state index contributed by atoms with van der Waals surface area (Å²) < 4.78 is 24.7. The van der Waals surface area contributed by atoms with Crippen molar-refractivity contribution in [2.45, 2.75) is 71.1 Å². The number of ether oxygens (including phenoxy) is 1. The minimum Gasteiger partial charge on any atom is -0.544 e. The molecule has 0 spiro atoms. The first kappa shape index (κ1) is 23.1. The summed E-state index contributed by atoms with van der Waals surface area (Å²) in [5, 5.41) is 0. The molecule has 4 nitrogen and oxygen atoms in total. The van der Waals surface area contributed by atoms with Crippen molar-refractivity contribution in [2.24, 2.45) is 0 Å². The third-order valence-corrected chi connectivity index (χ3v) is 6.75. The molecule has 3 rings (SSSR count). The van der Waals surface area contributed by atoms with Gasteiger partial charge in [-0.05, 0) is 94.3 Å². The van der Waals surface area contributed by atoms with Gasteiger partial charge in [0.1, 0.15) is 29.5 Å². The molecule has 0 bridgehead atoms. The van der Waals surface area contributed by atoms with Crippen LogP contribution >= 0.6 is 0 Å². The molecular formula is C23H36O4Si3. The highest BCUT2D eigenvalue weighted by molar-refractivity contribution is 6.71. The molecular weight excluding hydrogens is 425 g/mol. The van der Waals surface area contributed by atoms with Gasteiger partial charge in [0.15, 0.2) is 0 Å². The van der Waals surface area contributed by atoms with E-state index in [-0.39, 0.29) is 12.2 Å². The molecule has 7 heteroatoms. The Balaban J connectivity index is 1.80. The van der Waals surface area contributed by atoms with E-state index in [9.17, 15) is 0 Å². The van der Waals surface area contributed by atoms with Crippen LogP contribution in [-0.2, 0) is 4.74 Å². The van der Waals surface area contributed by atoms with Crippen LogP contribution in [0.15, 0.2) is 42.5 Å². The normalized spacial score (nSPS) is 19.4. The number of benzene rings is 2. The van der Waals surface area contributed by atoms with Gasteiger partial charge in [-0.2, -0.15) is 0 Å². The maximum Gasteiger partial charge on any atom is 0.242 e. The smallest absolute Gasteiger partial charge is 0.242 e. The van der Waals surface area contributed by atoms with E-state index in [1.54, 1.807) is 0 Å². The fourth-order valence-electron chi connectivity index (χ4n) is 3.28. The average molecular weight is 461 g/mol. The molecule has 1 heterocycles. The topological polar surface area (TPSA) is 40.2 Å². The lowest BCUT2D eigenvalue weighted by atomic mass is 10.0. The molecule has 0 N–H and O–H groups in total. The van der Waals surface area contributed by atoms with Crippen molar-refractivity contribution in [1.29, 1.82) is 0 Å². The van der Waals surface area contributed by atoms with Crippen LogP contribution < -0.4 is 13.3 Å². The van der Waals surface area contributed by atoms with Gasteiger partial charge in [0.25, 0.3) is 0 Å². The zero-order valence-corrected chi connectivity index (χ0v) is 22.8. The molecule has 30 heavy (non-hydrogen) atoms. The minimum atomic E-state index is -1.72. The molecule has 0 saturated carbocycles. The Morgan fingerprint density at radius 3 is 1.37 bits per heavy atom. The van der Waals surface area contributed by atoms with Crippen molar-refractivity contribution < 1.29 is 18.0 Å². The van der Waals surface area contributed by atoms with Crippen LogP contribution in [0.4, 0.5) is 0 Å². The van der Waals surface area contributed by atoms with Crippen LogP contribution in [0.1, 0.15) is 23.3 Å². The Bertz CT molecular complexity index is 843. The van der Waals surface area contributed by atoms with Gasteiger partial charge >= 0.3 is 0 Å². The Hall–Kier alpha value is -1.55. The van der Waals surface area contributed by atoms with Gasteiger partial charge in [-0.25, -0.2) is 0 Å². The van der Waals surface area contributed by atoms with Gasteiger partial charge in [0.05, 0.1) is 0 Å². The number of hydrogen-bond acceptors (Lipinski definition) is 4. The Morgan fingerprint density at radius 2 is 0.933 bits per heavy atom. The highest BCUT2D eigenvalue weighted by Gasteiger charge is 2.42. The zero-order valence-electron chi connectivity index (χ0n) is 19.8. The van der Waals surface area contributed by atoms with Crippen LogP contribution in [0, 0.1) is 0 Å². The molecule has 2 aromatic carbocycles. The maximum atomic E-state index is 6.28. The minimum absolute atomic E-state index is 0.0305. The summed E-state index contributed by atoms with van der Waals surface area (Å²) in [5.41, 5.74) is 2.29. The number of hydrogen-bond donors (Lipinski definition) is 0. The molecule has 0 aliphatic carbocycles. The van der Waals surface area contributed by atoms with Crippen molar-refractivity contribution in [3.05, 3.63) is 53.6 Å². The first-order chi connectivity index (χ1) is 13.7. The highest BCUT2D eigenvalue weighted by atomic mass is 28.4. The first-order valence-corrected chi connectivity index (χ1v) is 20.9. The van der Waals surface area contributed by atoms with Crippen molar-refractivity contribution >= 4 is 25.0 Å². The standard InChI is InChI=1S/C23H36O4Si3/c1-28(2,3)25-19-12-10-17(11-13-19)22-23(24-22)18-14-20(26-29(4,5)6)16-21(15-18)27-30(7,8)9/h10-16,22-23H,1-9H3/t22-,23-/m0/s1. The van der Waals surface area contributed by atoms with E-state index in [0.29, 0.717) is 0 Å². The van der Waals surface area contributed by atoms with E-state index in [1.807, 2.05) is 6.07 Å². The largest absolute Gasteiger partial charge is 0.544 e. The van der Waals surface area contributed by atoms with E-state index in [2.05, 4.69) is 95.3 Å². The fraction of sp³-hybridized carbons (Fsp3) is 0.478. The number of epoxide rings is 1. The highest BCUT2D eigenvalue weighted by Crippen LogP contribution is 2.52. The predicted octanol–water partition coefficient (Wildman–Crippen LogP) is 7.14. The SMILES string of the molecule is C[Si](C)(C)Oc1ccc([C@@H]2O[C@H]2c2cc(O[Si](C)(C)C)cc(O[Si](C)(C)C)c2)cc1. The summed E-state index contributed by atoms with van der Waals surface area (Å²) in [7, 11) is -5.04. The lowest BCUT2D eigenvalue weighted by molar-refractivity contribution is 0.377. The van der Waals surface area contributed by atoms with E-state index < -0.39 is 25.0 Å². The molecule has 1 aliphatic heterocycles. The monoisotopic (exact) mass is 460 g/mol. The third-order valence-electron chi connectivity index (χ3n) is 4.20. The quantitative estimate of drug-likeness (QED) is 0.310. The van der Waals surface area contributed by atoms with Gasteiger partial charge in [0, 0.05) is 6.07 Å². The molecule has 0 amide bonds. The fourth-order valence-corrected chi connectivity index (χ4v) is 5.77. The lowest BCUT2D eigenvalue weighted by Crippen LogP contribution is -2.30. The van der Waals surface area contributed by atoms with Crippen LogP contribution in [0.2, 0.25) is 58.9 Å². The van der Waals surface area contributed by atoms with Gasteiger partial charge in [0.2, 0.25) is 25.0 Å². The Labute approximate surface area is 184 Å².